The van der Waals surface area contributed by atoms with Crippen molar-refractivity contribution in [3.63, 3.8) is 0 Å². The van der Waals surface area contributed by atoms with Crippen LogP contribution in [0.1, 0.15) is 23.0 Å². The van der Waals surface area contributed by atoms with Gasteiger partial charge in [0, 0.05) is 5.56 Å². The van der Waals surface area contributed by atoms with Gasteiger partial charge in [0.2, 0.25) is 6.39 Å². The smallest absolute Gasteiger partial charge is 0.213 e. The van der Waals surface area contributed by atoms with E-state index in [0.717, 1.165) is 5.56 Å². The highest BCUT2D eigenvalue weighted by atomic mass is 19.1. The van der Waals surface area contributed by atoms with Crippen molar-refractivity contribution in [2.75, 3.05) is 0 Å². The largest absolute Gasteiger partial charge is 0.343 e. The normalized spacial score (nSPS) is 12.7. The molecule has 0 radical (unpaired) electrons. The molecule has 0 amide bonds. The molecule has 1 heterocycles. The van der Waals surface area contributed by atoms with Crippen LogP contribution in [0.25, 0.3) is 0 Å². The summed E-state index contributed by atoms with van der Waals surface area (Å²) in [6.45, 7) is 1.87. The number of hydrogen-bond acceptors (Lipinski definition) is 4. The number of hydrogen-bond donors (Lipinski definition) is 1. The first-order valence-electron chi connectivity index (χ1n) is 4.46. The van der Waals surface area contributed by atoms with Crippen molar-refractivity contribution in [1.82, 2.24) is 10.1 Å². The number of aryl methyl sites for hydroxylation is 1. The maximum atomic E-state index is 13.4. The lowest BCUT2D eigenvalue weighted by molar-refractivity contribution is 0.407. The Morgan fingerprint density at radius 1 is 1.47 bits per heavy atom. The lowest BCUT2D eigenvalue weighted by Crippen LogP contribution is -2.15. The summed E-state index contributed by atoms with van der Waals surface area (Å²) in [7, 11) is 0. The Labute approximate surface area is 85.9 Å². The van der Waals surface area contributed by atoms with Gasteiger partial charge in [-0.2, -0.15) is 4.98 Å². The Morgan fingerprint density at radius 2 is 2.27 bits per heavy atom. The minimum Gasteiger partial charge on any atom is -0.343 e. The number of halogens is 1. The van der Waals surface area contributed by atoms with Gasteiger partial charge in [0.05, 0.1) is 6.04 Å². The van der Waals surface area contributed by atoms with Gasteiger partial charge in [-0.05, 0) is 13.0 Å². The van der Waals surface area contributed by atoms with Crippen LogP contribution in [0.2, 0.25) is 0 Å². The van der Waals surface area contributed by atoms with Crippen molar-refractivity contribution in [3.8, 4) is 0 Å². The highest BCUT2D eigenvalue weighted by molar-refractivity contribution is 5.29. The fourth-order valence-corrected chi connectivity index (χ4v) is 1.36. The third kappa shape index (κ3) is 1.87. The molecule has 0 saturated carbocycles. The Bertz CT molecular complexity index is 456. The van der Waals surface area contributed by atoms with Crippen molar-refractivity contribution >= 4 is 0 Å². The molecule has 2 aromatic rings. The summed E-state index contributed by atoms with van der Waals surface area (Å²) in [4.78, 5) is 3.79. The second-order valence-electron chi connectivity index (χ2n) is 3.29. The third-order valence-corrected chi connectivity index (χ3v) is 2.14. The summed E-state index contributed by atoms with van der Waals surface area (Å²) in [6, 6.07) is 4.05. The van der Waals surface area contributed by atoms with Gasteiger partial charge in [-0.3, -0.25) is 0 Å². The van der Waals surface area contributed by atoms with Crippen LogP contribution in [-0.2, 0) is 0 Å². The molecule has 0 aliphatic carbocycles. The van der Waals surface area contributed by atoms with Gasteiger partial charge >= 0.3 is 0 Å². The van der Waals surface area contributed by atoms with Crippen molar-refractivity contribution in [2.45, 2.75) is 13.0 Å². The molecule has 1 aromatic carbocycles. The summed E-state index contributed by atoms with van der Waals surface area (Å²) in [5.41, 5.74) is 7.11. The van der Waals surface area contributed by atoms with Crippen molar-refractivity contribution < 1.29 is 8.91 Å². The first kappa shape index (κ1) is 9.79. The Morgan fingerprint density at radius 3 is 2.93 bits per heavy atom. The van der Waals surface area contributed by atoms with E-state index >= 15 is 0 Å². The van der Waals surface area contributed by atoms with Crippen LogP contribution in [-0.4, -0.2) is 10.1 Å². The predicted octanol–water partition coefficient (Wildman–Crippen LogP) is 1.57. The average Bonchev–Trinajstić information content (AvgIpc) is 2.74. The number of rotatable bonds is 2. The van der Waals surface area contributed by atoms with Gasteiger partial charge in [-0.25, -0.2) is 4.39 Å². The van der Waals surface area contributed by atoms with E-state index in [4.69, 9.17) is 5.73 Å². The van der Waals surface area contributed by atoms with Gasteiger partial charge in [0.1, 0.15) is 5.82 Å². The Kier molecular flexibility index (Phi) is 2.47. The van der Waals surface area contributed by atoms with Crippen LogP contribution in [0.3, 0.4) is 0 Å². The number of benzene rings is 1. The molecule has 1 unspecified atom stereocenters. The summed E-state index contributed by atoms with van der Waals surface area (Å²) in [5, 5.41) is 3.59. The summed E-state index contributed by atoms with van der Waals surface area (Å²) >= 11 is 0. The fourth-order valence-electron chi connectivity index (χ4n) is 1.36. The summed E-state index contributed by atoms with van der Waals surface area (Å²) in [6.07, 6.45) is 1.17. The molecular weight excluding hydrogens is 197 g/mol. The van der Waals surface area contributed by atoms with E-state index in [-0.39, 0.29) is 11.6 Å². The molecule has 0 aliphatic heterocycles. The molecule has 1 aromatic heterocycles. The van der Waals surface area contributed by atoms with Crippen LogP contribution < -0.4 is 5.73 Å². The molecule has 4 nitrogen and oxygen atoms in total. The van der Waals surface area contributed by atoms with E-state index < -0.39 is 6.04 Å². The fraction of sp³-hybridized carbons (Fsp3) is 0.200. The van der Waals surface area contributed by atoms with Gasteiger partial charge in [-0.15, -0.1) is 0 Å². The minimum absolute atomic E-state index is 0.277. The molecule has 2 rings (SSSR count). The molecule has 0 bridgehead atoms. The first-order chi connectivity index (χ1) is 7.18. The highest BCUT2D eigenvalue weighted by Gasteiger charge is 2.17. The van der Waals surface area contributed by atoms with E-state index in [9.17, 15) is 4.39 Å². The van der Waals surface area contributed by atoms with Crippen LogP contribution in [0.4, 0.5) is 4.39 Å². The molecule has 15 heavy (non-hydrogen) atoms. The predicted molar refractivity (Wildman–Crippen MR) is 51.5 cm³/mol. The van der Waals surface area contributed by atoms with Crippen molar-refractivity contribution in [1.29, 1.82) is 0 Å². The van der Waals surface area contributed by atoms with E-state index in [0.29, 0.717) is 5.56 Å². The van der Waals surface area contributed by atoms with Crippen LogP contribution in [0.5, 0.6) is 0 Å². The van der Waals surface area contributed by atoms with E-state index in [1.165, 1.54) is 12.5 Å². The summed E-state index contributed by atoms with van der Waals surface area (Å²) in [5.74, 6) is -0.0857. The molecule has 1 atom stereocenters. The minimum atomic E-state index is -0.691. The molecule has 0 aliphatic rings. The topological polar surface area (TPSA) is 64.9 Å². The van der Waals surface area contributed by atoms with E-state index in [1.807, 2.05) is 6.92 Å². The van der Waals surface area contributed by atoms with Gasteiger partial charge < -0.3 is 10.3 Å². The standard InChI is InChI=1S/C10H10FN3O/c1-6-2-3-8(11)7(4-6)9(12)10-13-5-15-14-10/h2-5,9H,12H2,1H3. The van der Waals surface area contributed by atoms with E-state index in [2.05, 4.69) is 14.7 Å². The number of aromatic nitrogens is 2. The Balaban J connectivity index is 2.41. The average molecular weight is 207 g/mol. The molecule has 2 N–H and O–H groups in total. The zero-order valence-electron chi connectivity index (χ0n) is 8.14. The summed E-state index contributed by atoms with van der Waals surface area (Å²) < 4.78 is 18.0. The zero-order valence-corrected chi connectivity index (χ0v) is 8.14. The van der Waals surface area contributed by atoms with Gasteiger partial charge in [-0.1, -0.05) is 22.9 Å². The molecule has 0 fully saturated rings. The molecular formula is C10H10FN3O. The quantitative estimate of drug-likeness (QED) is 0.811. The monoisotopic (exact) mass is 207 g/mol. The molecule has 0 saturated heterocycles. The third-order valence-electron chi connectivity index (χ3n) is 2.14. The SMILES string of the molecule is Cc1ccc(F)c(C(N)c2ncon2)c1. The van der Waals surface area contributed by atoms with Crippen LogP contribution in [0.15, 0.2) is 29.1 Å². The zero-order chi connectivity index (χ0) is 10.8. The molecule has 78 valence electrons. The van der Waals surface area contributed by atoms with E-state index in [1.54, 1.807) is 12.1 Å². The maximum absolute atomic E-state index is 13.4. The first-order valence-corrected chi connectivity index (χ1v) is 4.46. The van der Waals surface area contributed by atoms with Crippen LogP contribution in [0, 0.1) is 12.7 Å². The lowest BCUT2D eigenvalue weighted by atomic mass is 10.0. The molecule has 0 spiro atoms. The number of nitrogens with zero attached hydrogens (tertiary/aromatic N) is 2. The van der Waals surface area contributed by atoms with Crippen LogP contribution >= 0.6 is 0 Å². The van der Waals surface area contributed by atoms with Crippen molar-refractivity contribution in [3.05, 3.63) is 47.4 Å². The second-order valence-corrected chi connectivity index (χ2v) is 3.29. The van der Waals surface area contributed by atoms with Crippen molar-refractivity contribution in [2.24, 2.45) is 5.73 Å². The molecule has 5 heteroatoms. The lowest BCUT2D eigenvalue weighted by Gasteiger charge is -2.09. The number of nitrogens with two attached hydrogens (primary N) is 1. The second kappa shape index (κ2) is 3.78. The highest BCUT2D eigenvalue weighted by Crippen LogP contribution is 2.20. The maximum Gasteiger partial charge on any atom is 0.213 e. The Hall–Kier alpha value is -1.75. The van der Waals surface area contributed by atoms with Gasteiger partial charge in [0.25, 0.3) is 0 Å². The van der Waals surface area contributed by atoms with Gasteiger partial charge in [0.15, 0.2) is 5.82 Å².